The topological polar surface area (TPSA) is 29.5 Å². The quantitative estimate of drug-likeness (QED) is 0.662. The van der Waals surface area contributed by atoms with Gasteiger partial charge in [0.1, 0.15) is 6.10 Å². The highest BCUT2D eigenvalue weighted by Gasteiger charge is 2.50. The van der Waals surface area contributed by atoms with Crippen molar-refractivity contribution in [2.75, 3.05) is 19.0 Å². The number of carbonyl (C=O) groups excluding carboxylic acids is 1. The fourth-order valence-electron chi connectivity index (χ4n) is 4.57. The van der Waals surface area contributed by atoms with Gasteiger partial charge in [-0.1, -0.05) is 30.3 Å². The molecule has 0 aliphatic carbocycles. The Balaban J connectivity index is 0.00000210. The maximum Gasteiger partial charge on any atom is 0.414 e. The molecule has 1 aromatic heterocycles. The van der Waals surface area contributed by atoms with Crippen LogP contribution < -0.4 is 21.9 Å². The van der Waals surface area contributed by atoms with E-state index in [4.69, 9.17) is 4.74 Å². The predicted octanol–water partition coefficient (Wildman–Crippen LogP) is 1.67. The van der Waals surface area contributed by atoms with E-state index in [1.54, 1.807) is 16.2 Å². The first-order chi connectivity index (χ1) is 12.5. The minimum absolute atomic E-state index is 0. The van der Waals surface area contributed by atoms with Crippen LogP contribution in [0.2, 0.25) is 0 Å². The van der Waals surface area contributed by atoms with Crippen LogP contribution in [-0.2, 0) is 11.3 Å². The maximum absolute atomic E-state index is 13.0. The van der Waals surface area contributed by atoms with Gasteiger partial charge in [-0.15, -0.1) is 0 Å². The third kappa shape index (κ3) is 4.23. The normalized spacial score (nSPS) is 25.5. The summed E-state index contributed by atoms with van der Waals surface area (Å²) in [4.78, 5) is 14.8. The standard InChI is InChI=1S/C21H27N2O2S.BrH/c1-23(2)18-8-9-19(23)13-20(12-18)25-21(24)22(17-10-11-26-15-17)14-16-6-4-3-5-7-16;/h3-7,10-11,15,18-20H,8-9,12-14H2,1-2H3;1H/q+1;/p-1/t18-,19+,20+;. The van der Waals surface area contributed by atoms with E-state index in [9.17, 15) is 4.79 Å². The summed E-state index contributed by atoms with van der Waals surface area (Å²) in [6, 6.07) is 13.3. The van der Waals surface area contributed by atoms with E-state index in [0.29, 0.717) is 18.6 Å². The molecule has 2 aliphatic rings. The molecule has 0 unspecified atom stereocenters. The minimum Gasteiger partial charge on any atom is -1.00 e. The van der Waals surface area contributed by atoms with Crippen molar-refractivity contribution in [2.45, 2.75) is 50.4 Å². The maximum atomic E-state index is 13.0. The number of hydrogen-bond acceptors (Lipinski definition) is 3. The number of rotatable bonds is 4. The Labute approximate surface area is 176 Å². The Morgan fingerprint density at radius 2 is 1.81 bits per heavy atom. The van der Waals surface area contributed by atoms with Gasteiger partial charge >= 0.3 is 6.09 Å². The number of anilines is 1. The number of ether oxygens (including phenoxy) is 1. The first-order valence-electron chi connectivity index (χ1n) is 9.41. The molecule has 6 heteroatoms. The molecular formula is C21H27BrN2O2S. The second-order valence-electron chi connectivity index (χ2n) is 8.04. The van der Waals surface area contributed by atoms with E-state index in [0.717, 1.165) is 28.6 Å². The molecule has 3 heterocycles. The largest absolute Gasteiger partial charge is 1.00 e. The minimum atomic E-state index is -0.219. The molecule has 2 aliphatic heterocycles. The van der Waals surface area contributed by atoms with E-state index in [1.165, 1.54) is 12.8 Å². The second-order valence-corrected chi connectivity index (χ2v) is 8.82. The average Bonchev–Trinajstić information content (AvgIpc) is 3.17. The summed E-state index contributed by atoms with van der Waals surface area (Å²) in [6.07, 6.45) is 4.30. The first kappa shape index (κ1) is 20.4. The molecule has 146 valence electrons. The molecule has 27 heavy (non-hydrogen) atoms. The van der Waals surface area contributed by atoms with Gasteiger partial charge in [-0.3, -0.25) is 4.90 Å². The smallest absolute Gasteiger partial charge is 0.414 e. The molecule has 1 amide bonds. The highest BCUT2D eigenvalue weighted by molar-refractivity contribution is 7.08. The van der Waals surface area contributed by atoms with Gasteiger partial charge in [0.05, 0.1) is 38.4 Å². The van der Waals surface area contributed by atoms with Gasteiger partial charge in [0.15, 0.2) is 0 Å². The summed E-state index contributed by atoms with van der Waals surface area (Å²) >= 11 is 1.60. The van der Waals surface area contributed by atoms with Crippen LogP contribution in [0.1, 0.15) is 31.2 Å². The van der Waals surface area contributed by atoms with Crippen LogP contribution in [0, 0.1) is 0 Å². The van der Waals surface area contributed by atoms with Gasteiger partial charge in [-0.05, 0) is 17.0 Å². The molecular weight excluding hydrogens is 424 g/mol. The lowest BCUT2D eigenvalue weighted by Gasteiger charge is -2.44. The summed E-state index contributed by atoms with van der Waals surface area (Å²) in [7, 11) is 4.65. The van der Waals surface area contributed by atoms with Crippen LogP contribution in [-0.4, -0.2) is 42.9 Å². The number of fused-ring (bicyclic) bond motifs is 2. The Hall–Kier alpha value is -1.37. The molecule has 4 rings (SSSR count). The molecule has 2 fully saturated rings. The van der Waals surface area contributed by atoms with Crippen LogP contribution in [0.3, 0.4) is 0 Å². The number of halogens is 1. The first-order valence-corrected chi connectivity index (χ1v) is 10.4. The molecule has 2 aromatic rings. The number of carbonyl (C=O) groups is 1. The van der Waals surface area contributed by atoms with Gasteiger partial charge in [-0.25, -0.2) is 4.79 Å². The third-order valence-electron chi connectivity index (χ3n) is 6.27. The van der Waals surface area contributed by atoms with Gasteiger partial charge < -0.3 is 26.2 Å². The number of amides is 1. The third-order valence-corrected chi connectivity index (χ3v) is 6.95. The van der Waals surface area contributed by atoms with Crippen LogP contribution in [0.25, 0.3) is 0 Å². The van der Waals surface area contributed by atoms with E-state index >= 15 is 0 Å². The van der Waals surface area contributed by atoms with Crippen molar-refractivity contribution in [3.63, 3.8) is 0 Å². The molecule has 0 N–H and O–H groups in total. The molecule has 2 bridgehead atoms. The molecule has 3 atom stereocenters. The van der Waals surface area contributed by atoms with Gasteiger partial charge in [-0.2, -0.15) is 11.3 Å². The summed E-state index contributed by atoms with van der Waals surface area (Å²) in [6.45, 7) is 0.539. The number of benzene rings is 1. The van der Waals surface area contributed by atoms with Crippen LogP contribution >= 0.6 is 11.3 Å². The summed E-state index contributed by atoms with van der Waals surface area (Å²) in [5.74, 6) is 0. The lowest BCUT2D eigenvalue weighted by atomic mass is 9.98. The fraction of sp³-hybridized carbons (Fsp3) is 0.476. The number of hydrogen-bond donors (Lipinski definition) is 0. The fourth-order valence-corrected chi connectivity index (χ4v) is 5.21. The van der Waals surface area contributed by atoms with Crippen molar-refractivity contribution < 1.29 is 31.0 Å². The predicted molar refractivity (Wildman–Crippen MR) is 105 cm³/mol. The molecule has 0 spiro atoms. The monoisotopic (exact) mass is 450 g/mol. The van der Waals surface area contributed by atoms with Crippen molar-refractivity contribution in [3.05, 3.63) is 52.7 Å². The van der Waals surface area contributed by atoms with Crippen LogP contribution in [0.15, 0.2) is 47.2 Å². The highest BCUT2D eigenvalue weighted by atomic mass is 79.9. The second kappa shape index (κ2) is 8.33. The SMILES string of the molecule is C[N+]1(C)[C@@H]2CC[C@H]1C[C@@H](OC(=O)N(Cc1ccccc1)c1ccsc1)C2.[Br-]. The van der Waals surface area contributed by atoms with Crippen molar-refractivity contribution in [2.24, 2.45) is 0 Å². The zero-order valence-corrected chi connectivity index (χ0v) is 18.3. The molecule has 4 nitrogen and oxygen atoms in total. The zero-order valence-electron chi connectivity index (χ0n) is 15.9. The van der Waals surface area contributed by atoms with E-state index in [1.807, 2.05) is 47.2 Å². The number of thiophene rings is 1. The van der Waals surface area contributed by atoms with E-state index in [-0.39, 0.29) is 29.2 Å². The van der Waals surface area contributed by atoms with Gasteiger partial charge in [0, 0.05) is 31.1 Å². The van der Waals surface area contributed by atoms with Crippen LogP contribution in [0.5, 0.6) is 0 Å². The van der Waals surface area contributed by atoms with E-state index < -0.39 is 0 Å². The number of piperidine rings is 1. The Morgan fingerprint density at radius 3 is 2.41 bits per heavy atom. The number of nitrogens with zero attached hydrogens (tertiary/aromatic N) is 2. The molecule has 0 radical (unpaired) electrons. The Kier molecular flexibility index (Phi) is 6.28. The molecule has 0 saturated carbocycles. The van der Waals surface area contributed by atoms with Crippen LogP contribution in [0.4, 0.5) is 10.5 Å². The van der Waals surface area contributed by atoms with Gasteiger partial charge in [0.2, 0.25) is 0 Å². The lowest BCUT2D eigenvalue weighted by Crippen LogP contribution is -3.00. The lowest BCUT2D eigenvalue weighted by molar-refractivity contribution is -0.931. The zero-order chi connectivity index (χ0) is 18.1. The van der Waals surface area contributed by atoms with Crippen molar-refractivity contribution in [1.82, 2.24) is 0 Å². The Morgan fingerprint density at radius 1 is 1.15 bits per heavy atom. The summed E-state index contributed by atoms with van der Waals surface area (Å²) in [5.41, 5.74) is 2.02. The van der Waals surface area contributed by atoms with E-state index in [2.05, 4.69) is 14.1 Å². The summed E-state index contributed by atoms with van der Waals surface area (Å²) in [5, 5.41) is 4.01. The van der Waals surface area contributed by atoms with Crippen molar-refractivity contribution >= 4 is 23.1 Å². The Bertz CT molecular complexity index is 735. The molecule has 2 saturated heterocycles. The summed E-state index contributed by atoms with van der Waals surface area (Å²) < 4.78 is 7.09. The average molecular weight is 451 g/mol. The highest BCUT2D eigenvalue weighted by Crippen LogP contribution is 2.40. The van der Waals surface area contributed by atoms with Crippen molar-refractivity contribution in [1.29, 1.82) is 0 Å². The van der Waals surface area contributed by atoms with Crippen molar-refractivity contribution in [3.8, 4) is 0 Å². The number of quaternary nitrogens is 1. The van der Waals surface area contributed by atoms with Gasteiger partial charge in [0.25, 0.3) is 0 Å². The molecule has 1 aromatic carbocycles.